The largest absolute Gasteiger partial charge is 0.312 e. The summed E-state index contributed by atoms with van der Waals surface area (Å²) in [6.07, 6.45) is 3.09. The summed E-state index contributed by atoms with van der Waals surface area (Å²) >= 11 is 1.56. The van der Waals surface area contributed by atoms with E-state index >= 15 is 0 Å². The molecule has 1 aromatic carbocycles. The first-order valence-electron chi connectivity index (χ1n) is 7.98. The number of aromatic nitrogens is 2. The second-order valence-corrected chi connectivity index (χ2v) is 6.93. The molecule has 120 valence electrons. The maximum atomic E-state index is 12.8. The molecule has 0 saturated heterocycles. The highest BCUT2D eigenvalue weighted by Gasteiger charge is 2.25. The van der Waals surface area contributed by atoms with Gasteiger partial charge in [0, 0.05) is 23.3 Å². The van der Waals surface area contributed by atoms with E-state index in [0.717, 1.165) is 39.9 Å². The van der Waals surface area contributed by atoms with Crippen molar-refractivity contribution in [2.24, 2.45) is 0 Å². The third kappa shape index (κ3) is 2.71. The van der Waals surface area contributed by atoms with Crippen LogP contribution in [0.15, 0.2) is 48.7 Å². The van der Waals surface area contributed by atoms with Crippen molar-refractivity contribution in [3.63, 3.8) is 0 Å². The van der Waals surface area contributed by atoms with Crippen LogP contribution in [0.2, 0.25) is 0 Å². The average molecular weight is 335 g/mol. The predicted octanol–water partition coefficient (Wildman–Crippen LogP) is 3.65. The SMILES string of the molecule is Cc1nc(-c2ccccn2)sc1CC(=O)N1CCc2ccccc21. The number of aryl methyl sites for hydroxylation is 1. The zero-order valence-corrected chi connectivity index (χ0v) is 14.2. The minimum atomic E-state index is 0.138. The van der Waals surface area contributed by atoms with E-state index in [9.17, 15) is 4.79 Å². The monoisotopic (exact) mass is 335 g/mol. The quantitative estimate of drug-likeness (QED) is 0.734. The lowest BCUT2D eigenvalue weighted by atomic mass is 10.2. The summed E-state index contributed by atoms with van der Waals surface area (Å²) in [6.45, 7) is 2.73. The Kier molecular flexibility index (Phi) is 3.86. The molecule has 4 nitrogen and oxygen atoms in total. The lowest BCUT2D eigenvalue weighted by Crippen LogP contribution is -2.30. The highest BCUT2D eigenvalue weighted by molar-refractivity contribution is 7.15. The number of amides is 1. The fourth-order valence-electron chi connectivity index (χ4n) is 3.02. The van der Waals surface area contributed by atoms with E-state index in [4.69, 9.17) is 0 Å². The number of thiazole rings is 1. The zero-order chi connectivity index (χ0) is 16.5. The van der Waals surface area contributed by atoms with Crippen molar-refractivity contribution in [3.05, 3.63) is 64.8 Å². The zero-order valence-electron chi connectivity index (χ0n) is 13.4. The molecular weight excluding hydrogens is 318 g/mol. The molecule has 0 atom stereocenters. The third-order valence-electron chi connectivity index (χ3n) is 4.28. The minimum Gasteiger partial charge on any atom is -0.312 e. The van der Waals surface area contributed by atoms with E-state index in [1.807, 2.05) is 48.2 Å². The Bertz CT molecular complexity index is 889. The van der Waals surface area contributed by atoms with Gasteiger partial charge in [-0.3, -0.25) is 9.78 Å². The van der Waals surface area contributed by atoms with Crippen molar-refractivity contribution in [1.29, 1.82) is 0 Å². The molecule has 1 aliphatic heterocycles. The van der Waals surface area contributed by atoms with Crippen molar-refractivity contribution in [2.45, 2.75) is 19.8 Å². The highest BCUT2D eigenvalue weighted by atomic mass is 32.1. The van der Waals surface area contributed by atoms with Crippen LogP contribution in [-0.2, 0) is 17.6 Å². The summed E-state index contributed by atoms with van der Waals surface area (Å²) in [7, 11) is 0. The second-order valence-electron chi connectivity index (χ2n) is 5.84. The number of carbonyl (C=O) groups excluding carboxylic acids is 1. The summed E-state index contributed by atoms with van der Waals surface area (Å²) in [5.74, 6) is 0.138. The first kappa shape index (κ1) is 15.0. The van der Waals surface area contributed by atoms with E-state index in [1.54, 1.807) is 17.5 Å². The molecule has 1 amide bonds. The van der Waals surface area contributed by atoms with Crippen molar-refractivity contribution in [3.8, 4) is 10.7 Å². The average Bonchev–Trinajstić information content (AvgIpc) is 3.20. The number of benzene rings is 1. The van der Waals surface area contributed by atoms with Gasteiger partial charge in [0.1, 0.15) is 5.01 Å². The van der Waals surface area contributed by atoms with Gasteiger partial charge >= 0.3 is 0 Å². The van der Waals surface area contributed by atoms with Crippen LogP contribution in [-0.4, -0.2) is 22.4 Å². The number of hydrogen-bond acceptors (Lipinski definition) is 4. The summed E-state index contributed by atoms with van der Waals surface area (Å²) in [6, 6.07) is 13.9. The van der Waals surface area contributed by atoms with Crippen molar-refractivity contribution in [1.82, 2.24) is 9.97 Å². The molecule has 2 aromatic heterocycles. The van der Waals surface area contributed by atoms with Crippen LogP contribution in [0.4, 0.5) is 5.69 Å². The van der Waals surface area contributed by atoms with Gasteiger partial charge in [0.25, 0.3) is 0 Å². The lowest BCUT2D eigenvalue weighted by molar-refractivity contribution is -0.117. The molecule has 5 heteroatoms. The van der Waals surface area contributed by atoms with Crippen molar-refractivity contribution < 1.29 is 4.79 Å². The van der Waals surface area contributed by atoms with E-state index in [1.165, 1.54) is 5.56 Å². The standard InChI is InChI=1S/C19H17N3OS/c1-13-17(24-19(21-13)15-7-4-5-10-20-15)12-18(23)22-11-9-14-6-2-3-8-16(14)22/h2-8,10H,9,11-12H2,1H3. The Labute approximate surface area is 144 Å². The van der Waals surface area contributed by atoms with Crippen LogP contribution in [0.3, 0.4) is 0 Å². The molecule has 0 unspecified atom stereocenters. The minimum absolute atomic E-state index is 0.138. The number of pyridine rings is 1. The Morgan fingerprint density at radius 2 is 2.04 bits per heavy atom. The number of carbonyl (C=O) groups is 1. The summed E-state index contributed by atoms with van der Waals surface area (Å²) in [5, 5.41) is 0.873. The summed E-state index contributed by atoms with van der Waals surface area (Å²) in [4.78, 5) is 24.6. The van der Waals surface area contributed by atoms with E-state index < -0.39 is 0 Å². The van der Waals surface area contributed by atoms with Crippen molar-refractivity contribution >= 4 is 22.9 Å². The van der Waals surface area contributed by atoms with Gasteiger partial charge in [-0.05, 0) is 37.1 Å². The summed E-state index contributed by atoms with van der Waals surface area (Å²) in [5.41, 5.74) is 4.08. The molecule has 0 bridgehead atoms. The smallest absolute Gasteiger partial charge is 0.232 e. The predicted molar refractivity (Wildman–Crippen MR) is 96.3 cm³/mol. The van der Waals surface area contributed by atoms with Gasteiger partial charge in [-0.2, -0.15) is 0 Å². The molecule has 3 aromatic rings. The molecule has 4 rings (SSSR count). The van der Waals surface area contributed by atoms with Gasteiger partial charge in [0.15, 0.2) is 0 Å². The van der Waals surface area contributed by atoms with Crippen molar-refractivity contribution in [2.75, 3.05) is 11.4 Å². The lowest BCUT2D eigenvalue weighted by Gasteiger charge is -2.16. The second kappa shape index (κ2) is 6.17. The van der Waals surface area contributed by atoms with Crippen LogP contribution < -0.4 is 4.90 Å². The van der Waals surface area contributed by atoms with Crippen LogP contribution in [0.25, 0.3) is 10.7 Å². The number of nitrogens with zero attached hydrogens (tertiary/aromatic N) is 3. The number of fused-ring (bicyclic) bond motifs is 1. The molecular formula is C19H17N3OS. The fraction of sp³-hybridized carbons (Fsp3) is 0.211. The first-order valence-corrected chi connectivity index (χ1v) is 8.80. The molecule has 0 N–H and O–H groups in total. The maximum absolute atomic E-state index is 12.8. The summed E-state index contributed by atoms with van der Waals surface area (Å²) < 4.78 is 0. The van der Waals surface area contributed by atoms with Crippen LogP contribution in [0.1, 0.15) is 16.1 Å². The van der Waals surface area contributed by atoms with Gasteiger partial charge in [0.05, 0.1) is 17.8 Å². The number of hydrogen-bond donors (Lipinski definition) is 0. The van der Waals surface area contributed by atoms with E-state index in [2.05, 4.69) is 16.0 Å². The number of anilines is 1. The molecule has 0 spiro atoms. The van der Waals surface area contributed by atoms with E-state index in [0.29, 0.717) is 6.42 Å². The van der Waals surface area contributed by atoms with E-state index in [-0.39, 0.29) is 5.91 Å². The van der Waals surface area contributed by atoms with Crippen LogP contribution >= 0.6 is 11.3 Å². The Morgan fingerprint density at radius 1 is 1.21 bits per heavy atom. The Morgan fingerprint density at radius 3 is 2.88 bits per heavy atom. The maximum Gasteiger partial charge on any atom is 0.232 e. The van der Waals surface area contributed by atoms with Crippen LogP contribution in [0, 0.1) is 6.92 Å². The molecule has 0 saturated carbocycles. The van der Waals surface area contributed by atoms with Crippen LogP contribution in [0.5, 0.6) is 0 Å². The Hall–Kier alpha value is -2.53. The van der Waals surface area contributed by atoms with Gasteiger partial charge < -0.3 is 4.90 Å². The highest BCUT2D eigenvalue weighted by Crippen LogP contribution is 2.30. The van der Waals surface area contributed by atoms with Gasteiger partial charge in [-0.15, -0.1) is 11.3 Å². The third-order valence-corrected chi connectivity index (χ3v) is 5.46. The normalized spacial score (nSPS) is 13.1. The number of para-hydroxylation sites is 1. The molecule has 0 aliphatic carbocycles. The van der Waals surface area contributed by atoms with Gasteiger partial charge in [0.2, 0.25) is 5.91 Å². The van der Waals surface area contributed by atoms with Gasteiger partial charge in [-0.25, -0.2) is 4.98 Å². The number of rotatable bonds is 3. The molecule has 1 aliphatic rings. The fourth-order valence-corrected chi connectivity index (χ4v) is 4.05. The molecule has 0 fully saturated rings. The van der Waals surface area contributed by atoms with Gasteiger partial charge in [-0.1, -0.05) is 24.3 Å². The molecule has 3 heterocycles. The Balaban J connectivity index is 1.56. The molecule has 0 radical (unpaired) electrons. The first-order chi connectivity index (χ1) is 11.7. The topological polar surface area (TPSA) is 46.1 Å². The molecule has 24 heavy (non-hydrogen) atoms.